The fourth-order valence-electron chi connectivity index (χ4n) is 2.87. The van der Waals surface area contributed by atoms with Gasteiger partial charge in [-0.3, -0.25) is 9.88 Å². The highest BCUT2D eigenvalue weighted by Crippen LogP contribution is 2.29. The molecule has 0 saturated heterocycles. The van der Waals surface area contributed by atoms with Crippen LogP contribution in [0.25, 0.3) is 0 Å². The van der Waals surface area contributed by atoms with Crippen LogP contribution in [0.5, 0.6) is 5.75 Å². The van der Waals surface area contributed by atoms with Crippen LogP contribution in [-0.4, -0.2) is 32.8 Å². The summed E-state index contributed by atoms with van der Waals surface area (Å²) in [5, 5.41) is 8.79. The number of rotatable bonds is 8. The van der Waals surface area contributed by atoms with E-state index in [9.17, 15) is 0 Å². The molecule has 1 aliphatic carbocycles. The number of benzene rings is 1. The molecule has 1 saturated carbocycles. The van der Waals surface area contributed by atoms with E-state index in [0.29, 0.717) is 12.7 Å². The standard InChI is InChI=1S/C19H21N5OS2/c1-25-17-6-2-15(3-7-17)21-18-22-24(19(26)27-18)13-23(16-4-5-16)12-14-8-10-20-11-9-14/h2-3,6-11,16H,4-5,12-13H2,1H3,(H,21,22). The second kappa shape index (κ2) is 8.16. The van der Waals surface area contributed by atoms with Gasteiger partial charge in [-0.15, -0.1) is 5.10 Å². The number of anilines is 2. The minimum atomic E-state index is 0.611. The Balaban J connectivity index is 1.46. The van der Waals surface area contributed by atoms with Gasteiger partial charge in [0.2, 0.25) is 5.13 Å². The van der Waals surface area contributed by atoms with Gasteiger partial charge in [-0.25, -0.2) is 4.68 Å². The van der Waals surface area contributed by atoms with E-state index in [-0.39, 0.29) is 0 Å². The second-order valence-corrected chi connectivity index (χ2v) is 8.12. The molecule has 140 valence electrons. The lowest BCUT2D eigenvalue weighted by atomic mass is 10.2. The van der Waals surface area contributed by atoms with Crippen molar-refractivity contribution < 1.29 is 4.74 Å². The van der Waals surface area contributed by atoms with Gasteiger partial charge in [-0.05, 0) is 67.0 Å². The Morgan fingerprint density at radius 2 is 1.96 bits per heavy atom. The first-order chi connectivity index (χ1) is 13.2. The maximum Gasteiger partial charge on any atom is 0.209 e. The zero-order chi connectivity index (χ0) is 18.6. The molecule has 6 nitrogen and oxygen atoms in total. The molecule has 0 unspecified atom stereocenters. The average Bonchev–Trinajstić information content (AvgIpc) is 3.48. The molecule has 0 aliphatic heterocycles. The highest BCUT2D eigenvalue weighted by Gasteiger charge is 2.29. The Morgan fingerprint density at radius 3 is 2.63 bits per heavy atom. The predicted molar refractivity (Wildman–Crippen MR) is 110 cm³/mol. The molecule has 2 aromatic heterocycles. The first-order valence-electron chi connectivity index (χ1n) is 8.83. The molecule has 0 bridgehead atoms. The maximum atomic E-state index is 5.54. The smallest absolute Gasteiger partial charge is 0.209 e. The summed E-state index contributed by atoms with van der Waals surface area (Å²) in [7, 11) is 1.66. The monoisotopic (exact) mass is 399 g/mol. The van der Waals surface area contributed by atoms with Crippen LogP contribution < -0.4 is 10.1 Å². The average molecular weight is 400 g/mol. The van der Waals surface area contributed by atoms with Crippen LogP contribution in [0.15, 0.2) is 48.8 Å². The van der Waals surface area contributed by atoms with Crippen molar-refractivity contribution in [2.24, 2.45) is 0 Å². The fourth-order valence-corrected chi connectivity index (χ4v) is 3.89. The van der Waals surface area contributed by atoms with Crippen LogP contribution in [0.3, 0.4) is 0 Å². The fraction of sp³-hybridized carbons (Fsp3) is 0.316. The number of aromatic nitrogens is 3. The lowest BCUT2D eigenvalue weighted by Gasteiger charge is -2.21. The van der Waals surface area contributed by atoms with Gasteiger partial charge in [0.1, 0.15) is 5.75 Å². The lowest BCUT2D eigenvalue weighted by molar-refractivity contribution is 0.187. The van der Waals surface area contributed by atoms with Crippen molar-refractivity contribution in [1.29, 1.82) is 0 Å². The van der Waals surface area contributed by atoms with Gasteiger partial charge < -0.3 is 10.1 Å². The number of methoxy groups -OCH3 is 1. The summed E-state index contributed by atoms with van der Waals surface area (Å²) in [5.74, 6) is 0.829. The molecular formula is C19H21N5OS2. The number of pyridine rings is 1. The third-order valence-corrected chi connectivity index (χ3v) is 5.68. The molecule has 0 radical (unpaired) electrons. The number of nitrogens with zero attached hydrogens (tertiary/aromatic N) is 4. The van der Waals surface area contributed by atoms with Crippen LogP contribution in [-0.2, 0) is 13.2 Å². The van der Waals surface area contributed by atoms with Crippen molar-refractivity contribution in [3.8, 4) is 5.75 Å². The Morgan fingerprint density at radius 1 is 1.22 bits per heavy atom. The van der Waals surface area contributed by atoms with Crippen molar-refractivity contribution >= 4 is 34.4 Å². The van der Waals surface area contributed by atoms with E-state index in [4.69, 9.17) is 17.0 Å². The van der Waals surface area contributed by atoms with E-state index in [0.717, 1.165) is 27.1 Å². The summed E-state index contributed by atoms with van der Waals surface area (Å²) in [4.78, 5) is 6.53. The normalized spacial score (nSPS) is 13.7. The summed E-state index contributed by atoms with van der Waals surface area (Å²) in [5.41, 5.74) is 2.22. The molecule has 0 atom stereocenters. The third-order valence-electron chi connectivity index (χ3n) is 4.46. The van der Waals surface area contributed by atoms with Crippen molar-refractivity contribution in [3.63, 3.8) is 0 Å². The summed E-state index contributed by atoms with van der Waals surface area (Å²) < 4.78 is 7.87. The van der Waals surface area contributed by atoms with E-state index in [1.807, 2.05) is 41.3 Å². The van der Waals surface area contributed by atoms with E-state index in [1.165, 1.54) is 29.7 Å². The molecule has 1 aromatic carbocycles. The highest BCUT2D eigenvalue weighted by molar-refractivity contribution is 7.73. The van der Waals surface area contributed by atoms with Crippen LogP contribution in [0.4, 0.5) is 10.8 Å². The zero-order valence-electron chi connectivity index (χ0n) is 15.0. The molecule has 27 heavy (non-hydrogen) atoms. The van der Waals surface area contributed by atoms with Gasteiger partial charge in [0.15, 0.2) is 3.95 Å². The van der Waals surface area contributed by atoms with Gasteiger partial charge in [0, 0.05) is 30.7 Å². The first kappa shape index (κ1) is 18.1. The van der Waals surface area contributed by atoms with E-state index in [2.05, 4.69) is 32.4 Å². The van der Waals surface area contributed by atoms with Crippen LogP contribution in [0.2, 0.25) is 0 Å². The van der Waals surface area contributed by atoms with Gasteiger partial charge in [0.25, 0.3) is 0 Å². The molecular weight excluding hydrogens is 378 g/mol. The summed E-state index contributed by atoms with van der Waals surface area (Å²) >= 11 is 7.03. The molecule has 1 N–H and O–H groups in total. The van der Waals surface area contributed by atoms with Crippen LogP contribution in [0.1, 0.15) is 18.4 Å². The van der Waals surface area contributed by atoms with Crippen LogP contribution in [0, 0.1) is 3.95 Å². The molecule has 4 rings (SSSR count). The van der Waals surface area contributed by atoms with Crippen LogP contribution >= 0.6 is 23.6 Å². The largest absolute Gasteiger partial charge is 0.497 e. The van der Waals surface area contributed by atoms with Gasteiger partial charge in [-0.1, -0.05) is 11.3 Å². The van der Waals surface area contributed by atoms with E-state index >= 15 is 0 Å². The highest BCUT2D eigenvalue weighted by atomic mass is 32.1. The Bertz CT molecular complexity index is 935. The SMILES string of the molecule is COc1ccc(Nc2nn(CN(Cc3ccncc3)C3CC3)c(=S)s2)cc1. The maximum absolute atomic E-state index is 5.54. The topological polar surface area (TPSA) is 55.2 Å². The molecule has 3 aromatic rings. The predicted octanol–water partition coefficient (Wildman–Crippen LogP) is 4.44. The lowest BCUT2D eigenvalue weighted by Crippen LogP contribution is -2.28. The summed E-state index contributed by atoms with van der Waals surface area (Å²) in [6, 6.07) is 12.5. The van der Waals surface area contributed by atoms with Crippen molar-refractivity contribution in [2.45, 2.75) is 32.1 Å². The molecule has 2 heterocycles. The first-order valence-corrected chi connectivity index (χ1v) is 10.1. The van der Waals surface area contributed by atoms with Crippen molar-refractivity contribution in [1.82, 2.24) is 19.7 Å². The number of nitrogens with one attached hydrogen (secondary N) is 1. The minimum Gasteiger partial charge on any atom is -0.497 e. The summed E-state index contributed by atoms with van der Waals surface area (Å²) in [6.07, 6.45) is 6.15. The number of ether oxygens (including phenoxy) is 1. The third kappa shape index (κ3) is 4.71. The Hall–Kier alpha value is -2.29. The van der Waals surface area contributed by atoms with E-state index < -0.39 is 0 Å². The molecule has 0 amide bonds. The van der Waals surface area contributed by atoms with E-state index in [1.54, 1.807) is 7.11 Å². The zero-order valence-corrected chi connectivity index (χ0v) is 16.7. The molecule has 1 aliphatic rings. The molecule has 1 fully saturated rings. The summed E-state index contributed by atoms with van der Waals surface area (Å²) in [6.45, 7) is 1.58. The molecule has 8 heteroatoms. The Labute approximate surface area is 167 Å². The Kier molecular flexibility index (Phi) is 5.47. The van der Waals surface area contributed by atoms with Gasteiger partial charge >= 0.3 is 0 Å². The number of hydrogen-bond acceptors (Lipinski definition) is 7. The molecule has 0 spiro atoms. The quantitative estimate of drug-likeness (QED) is 0.565. The number of hydrogen-bond donors (Lipinski definition) is 1. The van der Waals surface area contributed by atoms with Crippen molar-refractivity contribution in [3.05, 3.63) is 58.3 Å². The van der Waals surface area contributed by atoms with Crippen molar-refractivity contribution in [2.75, 3.05) is 12.4 Å². The minimum absolute atomic E-state index is 0.611. The second-order valence-electron chi connectivity index (χ2n) is 6.50. The van der Waals surface area contributed by atoms with Gasteiger partial charge in [0.05, 0.1) is 13.8 Å². The van der Waals surface area contributed by atoms with Gasteiger partial charge in [-0.2, -0.15) is 0 Å².